The molecule has 5 heteroatoms. The molecule has 2 amide bonds. The zero-order valence-electron chi connectivity index (χ0n) is 13.7. The van der Waals surface area contributed by atoms with Crippen molar-refractivity contribution >= 4 is 16.8 Å². The fraction of sp³-hybridized carbons (Fsp3) is 0.611. The first-order valence-corrected chi connectivity index (χ1v) is 10.0. The van der Waals surface area contributed by atoms with Crippen LogP contribution < -0.4 is 10.6 Å². The lowest BCUT2D eigenvalue weighted by Gasteiger charge is -2.29. The highest BCUT2D eigenvalue weighted by Gasteiger charge is 2.28. The Hall–Kier alpha value is -1.36. The minimum atomic E-state index is -0.752. The third-order valence-corrected chi connectivity index (χ3v) is 6.74. The van der Waals surface area contributed by atoms with Crippen LogP contribution >= 0.6 is 0 Å². The molecule has 0 spiro atoms. The minimum absolute atomic E-state index is 0.0734. The number of amides is 2. The maximum absolute atomic E-state index is 12.3. The van der Waals surface area contributed by atoms with Gasteiger partial charge in [0.25, 0.3) is 0 Å². The molecule has 2 aliphatic carbocycles. The summed E-state index contributed by atoms with van der Waals surface area (Å²) in [6.45, 7) is 1.97. The van der Waals surface area contributed by atoms with Crippen LogP contribution in [0.15, 0.2) is 24.3 Å². The standard InChI is InChI=1S/C18H26N2O2S/c1-2-23(22)17-9-5-8-15(12-17)19-18(21)20-16-10-13-6-3-4-7-14(13)11-16/h3-4,6-7,15-17H,2,5,8-12H2,1H3,(H2,19,20,21)/t15-,17-,23+/m1/s1. The zero-order chi connectivity index (χ0) is 16.2. The second kappa shape index (κ2) is 7.47. The Balaban J connectivity index is 1.48. The van der Waals surface area contributed by atoms with Crippen LogP contribution in [0.25, 0.3) is 0 Å². The fourth-order valence-corrected chi connectivity index (χ4v) is 5.17. The second-order valence-electron chi connectivity index (χ2n) is 6.65. The highest BCUT2D eigenvalue weighted by Crippen LogP contribution is 2.24. The predicted octanol–water partition coefficient (Wildman–Crippen LogP) is 2.53. The Morgan fingerprint density at radius 2 is 1.78 bits per heavy atom. The number of fused-ring (bicyclic) bond motifs is 1. The molecule has 0 heterocycles. The van der Waals surface area contributed by atoms with Crippen molar-refractivity contribution < 1.29 is 9.00 Å². The molecule has 1 aromatic carbocycles. The third kappa shape index (κ3) is 4.14. The normalized spacial score (nSPS) is 25.6. The third-order valence-electron chi connectivity index (χ3n) is 5.00. The van der Waals surface area contributed by atoms with Crippen LogP contribution in [0.5, 0.6) is 0 Å². The van der Waals surface area contributed by atoms with E-state index in [9.17, 15) is 9.00 Å². The fourth-order valence-electron chi connectivity index (χ4n) is 3.82. The lowest BCUT2D eigenvalue weighted by atomic mass is 9.95. The Labute approximate surface area is 140 Å². The monoisotopic (exact) mass is 334 g/mol. The molecule has 126 valence electrons. The number of nitrogens with one attached hydrogen (secondary N) is 2. The maximum Gasteiger partial charge on any atom is 0.315 e. The van der Waals surface area contributed by atoms with Crippen molar-refractivity contribution in [2.45, 2.75) is 62.8 Å². The second-order valence-corrected chi connectivity index (χ2v) is 8.65. The summed E-state index contributed by atoms with van der Waals surface area (Å²) < 4.78 is 12.0. The Kier molecular flexibility index (Phi) is 5.36. The van der Waals surface area contributed by atoms with Crippen molar-refractivity contribution in [3.05, 3.63) is 35.4 Å². The van der Waals surface area contributed by atoms with Gasteiger partial charge < -0.3 is 10.6 Å². The summed E-state index contributed by atoms with van der Waals surface area (Å²) in [6.07, 6.45) is 5.75. The number of hydrogen-bond donors (Lipinski definition) is 2. The van der Waals surface area contributed by atoms with Gasteiger partial charge in [-0.1, -0.05) is 37.6 Å². The molecule has 0 saturated heterocycles. The van der Waals surface area contributed by atoms with Crippen LogP contribution in [0.1, 0.15) is 43.7 Å². The van der Waals surface area contributed by atoms with Gasteiger partial charge in [0, 0.05) is 33.9 Å². The summed E-state index contributed by atoms with van der Waals surface area (Å²) in [7, 11) is -0.752. The molecule has 3 rings (SSSR count). The van der Waals surface area contributed by atoms with Crippen LogP contribution in [0.2, 0.25) is 0 Å². The molecular weight excluding hydrogens is 308 g/mol. The summed E-state index contributed by atoms with van der Waals surface area (Å²) in [5.74, 6) is 0.712. The van der Waals surface area contributed by atoms with Crippen molar-refractivity contribution in [1.29, 1.82) is 0 Å². The molecule has 0 bridgehead atoms. The highest BCUT2D eigenvalue weighted by molar-refractivity contribution is 7.85. The van der Waals surface area contributed by atoms with E-state index in [2.05, 4.69) is 34.9 Å². The molecule has 23 heavy (non-hydrogen) atoms. The van der Waals surface area contributed by atoms with E-state index >= 15 is 0 Å². The first-order valence-electron chi connectivity index (χ1n) is 8.66. The van der Waals surface area contributed by atoms with E-state index in [0.29, 0.717) is 5.75 Å². The molecule has 2 N–H and O–H groups in total. The maximum atomic E-state index is 12.3. The first-order chi connectivity index (χ1) is 11.2. The first kappa shape index (κ1) is 16.5. The molecule has 0 unspecified atom stereocenters. The zero-order valence-corrected chi connectivity index (χ0v) is 14.5. The van der Waals surface area contributed by atoms with Crippen LogP contribution in [-0.2, 0) is 23.6 Å². The van der Waals surface area contributed by atoms with Gasteiger partial charge in [-0.2, -0.15) is 0 Å². The van der Waals surface area contributed by atoms with Gasteiger partial charge in [-0.25, -0.2) is 4.79 Å². The number of benzene rings is 1. The van der Waals surface area contributed by atoms with Gasteiger partial charge in [0.15, 0.2) is 0 Å². The lowest BCUT2D eigenvalue weighted by Crippen LogP contribution is -2.48. The van der Waals surface area contributed by atoms with Crippen molar-refractivity contribution in [2.75, 3.05) is 5.75 Å². The van der Waals surface area contributed by atoms with Crippen LogP contribution in [0, 0.1) is 0 Å². The lowest BCUT2D eigenvalue weighted by molar-refractivity contribution is 0.229. The van der Waals surface area contributed by atoms with Gasteiger partial charge in [0.05, 0.1) is 0 Å². The average Bonchev–Trinajstić information content (AvgIpc) is 2.96. The summed E-state index contributed by atoms with van der Waals surface area (Å²) in [4.78, 5) is 12.3. The minimum Gasteiger partial charge on any atom is -0.335 e. The van der Waals surface area contributed by atoms with Gasteiger partial charge in [-0.15, -0.1) is 0 Å². The van der Waals surface area contributed by atoms with Crippen molar-refractivity contribution in [3.8, 4) is 0 Å². The van der Waals surface area contributed by atoms with Crippen molar-refractivity contribution in [3.63, 3.8) is 0 Å². The number of hydrogen-bond acceptors (Lipinski definition) is 2. The summed E-state index contributed by atoms with van der Waals surface area (Å²) in [5, 5.41) is 6.45. The van der Waals surface area contributed by atoms with Gasteiger partial charge >= 0.3 is 6.03 Å². The molecule has 2 aliphatic rings. The number of urea groups is 1. The number of carbonyl (C=O) groups excluding carboxylic acids is 1. The molecule has 1 fully saturated rings. The van der Waals surface area contributed by atoms with Gasteiger partial charge in [0.1, 0.15) is 0 Å². The molecule has 3 atom stereocenters. The van der Waals surface area contributed by atoms with E-state index < -0.39 is 10.8 Å². The van der Waals surface area contributed by atoms with Crippen LogP contribution in [0.4, 0.5) is 4.79 Å². The molecule has 0 radical (unpaired) electrons. The van der Waals surface area contributed by atoms with Crippen LogP contribution in [-0.4, -0.2) is 33.3 Å². The van der Waals surface area contributed by atoms with Crippen molar-refractivity contribution in [2.24, 2.45) is 0 Å². The molecule has 0 aliphatic heterocycles. The van der Waals surface area contributed by atoms with Gasteiger partial charge in [0.2, 0.25) is 0 Å². The smallest absolute Gasteiger partial charge is 0.315 e. The SMILES string of the molecule is CC[S@](=O)[C@@H]1CCC[C@@H](NC(=O)NC2Cc3ccccc3C2)C1. The molecular formula is C18H26N2O2S. The molecule has 1 aromatic rings. The van der Waals surface area contributed by atoms with E-state index in [1.807, 2.05) is 6.92 Å². The molecule has 0 aromatic heterocycles. The van der Waals surface area contributed by atoms with Crippen LogP contribution in [0.3, 0.4) is 0 Å². The van der Waals surface area contributed by atoms with E-state index in [4.69, 9.17) is 0 Å². The molecule has 1 saturated carbocycles. The molecule has 4 nitrogen and oxygen atoms in total. The van der Waals surface area contributed by atoms with E-state index in [1.165, 1.54) is 11.1 Å². The Morgan fingerprint density at radius 1 is 1.13 bits per heavy atom. The van der Waals surface area contributed by atoms with E-state index in [-0.39, 0.29) is 23.4 Å². The Morgan fingerprint density at radius 3 is 2.43 bits per heavy atom. The Bertz CT molecular complexity index is 565. The summed E-state index contributed by atoms with van der Waals surface area (Å²) >= 11 is 0. The van der Waals surface area contributed by atoms with E-state index in [0.717, 1.165) is 38.5 Å². The average molecular weight is 334 g/mol. The van der Waals surface area contributed by atoms with Gasteiger partial charge in [-0.3, -0.25) is 4.21 Å². The summed E-state index contributed by atoms with van der Waals surface area (Å²) in [5.41, 5.74) is 2.68. The highest BCUT2D eigenvalue weighted by atomic mass is 32.2. The number of rotatable bonds is 4. The predicted molar refractivity (Wildman–Crippen MR) is 94.0 cm³/mol. The number of carbonyl (C=O) groups is 1. The van der Waals surface area contributed by atoms with Gasteiger partial charge in [-0.05, 0) is 43.2 Å². The largest absolute Gasteiger partial charge is 0.335 e. The summed E-state index contributed by atoms with van der Waals surface area (Å²) in [6, 6.07) is 8.66. The van der Waals surface area contributed by atoms with E-state index in [1.54, 1.807) is 0 Å². The topological polar surface area (TPSA) is 58.2 Å². The quantitative estimate of drug-likeness (QED) is 0.889. The van der Waals surface area contributed by atoms with Crippen molar-refractivity contribution in [1.82, 2.24) is 10.6 Å².